The highest BCUT2D eigenvalue weighted by molar-refractivity contribution is 6.68. The van der Waals surface area contributed by atoms with Crippen LogP contribution in [0.4, 0.5) is 0 Å². The largest absolute Gasteiger partial charge is 0.496 e. The predicted octanol–water partition coefficient (Wildman–Crippen LogP) is 3.54. The Morgan fingerprint density at radius 3 is 2.44 bits per heavy atom. The summed E-state index contributed by atoms with van der Waals surface area (Å²) in [5.41, 5.74) is 1.17. The van der Waals surface area contributed by atoms with Crippen LogP contribution >= 0.6 is 11.6 Å². The molecule has 3 nitrogen and oxygen atoms in total. The van der Waals surface area contributed by atoms with Gasteiger partial charge in [0.25, 0.3) is 5.24 Å². The lowest BCUT2D eigenvalue weighted by Gasteiger charge is -2.14. The van der Waals surface area contributed by atoms with Gasteiger partial charge in [-0.25, -0.2) is 0 Å². The molecule has 0 atom stereocenters. The topological polar surface area (TPSA) is 35.5 Å². The number of fused-ring (bicyclic) bond motifs is 1. The maximum atomic E-state index is 11.4. The SMILES string of the molecule is COc1cccc2c(OC)c(C)c(C(=O)Cl)cc12. The van der Waals surface area contributed by atoms with Crippen molar-refractivity contribution in [2.45, 2.75) is 6.92 Å². The van der Waals surface area contributed by atoms with Gasteiger partial charge in [0, 0.05) is 21.9 Å². The van der Waals surface area contributed by atoms with Crippen molar-refractivity contribution in [3.05, 3.63) is 35.4 Å². The average molecular weight is 265 g/mol. The minimum absolute atomic E-state index is 0.436. The van der Waals surface area contributed by atoms with Crippen LogP contribution in [0.2, 0.25) is 0 Å². The summed E-state index contributed by atoms with van der Waals surface area (Å²) < 4.78 is 10.7. The number of halogens is 1. The fraction of sp³-hybridized carbons (Fsp3) is 0.214. The summed E-state index contributed by atoms with van der Waals surface area (Å²) in [4.78, 5) is 11.4. The van der Waals surface area contributed by atoms with Crippen LogP contribution in [0.3, 0.4) is 0 Å². The van der Waals surface area contributed by atoms with Crippen molar-refractivity contribution in [2.24, 2.45) is 0 Å². The molecular weight excluding hydrogens is 252 g/mol. The van der Waals surface area contributed by atoms with Gasteiger partial charge in [0.15, 0.2) is 0 Å². The van der Waals surface area contributed by atoms with Crippen LogP contribution in [0, 0.1) is 6.92 Å². The summed E-state index contributed by atoms with van der Waals surface area (Å²) in [6.07, 6.45) is 0. The molecule has 0 spiro atoms. The molecule has 94 valence electrons. The van der Waals surface area contributed by atoms with E-state index in [-0.39, 0.29) is 0 Å². The third-order valence-electron chi connectivity index (χ3n) is 2.98. The molecular formula is C14H13ClO3. The lowest BCUT2D eigenvalue weighted by molar-refractivity contribution is 0.108. The lowest BCUT2D eigenvalue weighted by atomic mass is 10.00. The van der Waals surface area contributed by atoms with Crippen molar-refractivity contribution in [2.75, 3.05) is 14.2 Å². The Labute approximate surface area is 110 Å². The first-order chi connectivity index (χ1) is 8.60. The van der Waals surface area contributed by atoms with Crippen molar-refractivity contribution in [1.82, 2.24) is 0 Å². The molecule has 2 aromatic rings. The van der Waals surface area contributed by atoms with Crippen molar-refractivity contribution in [1.29, 1.82) is 0 Å². The fourth-order valence-corrected chi connectivity index (χ4v) is 2.31. The van der Waals surface area contributed by atoms with E-state index in [4.69, 9.17) is 21.1 Å². The molecule has 4 heteroatoms. The number of methoxy groups -OCH3 is 2. The van der Waals surface area contributed by atoms with Crippen LogP contribution in [-0.2, 0) is 0 Å². The van der Waals surface area contributed by atoms with E-state index in [1.165, 1.54) is 0 Å². The van der Waals surface area contributed by atoms with E-state index in [1.807, 2.05) is 25.1 Å². The average Bonchev–Trinajstić information content (AvgIpc) is 2.36. The maximum absolute atomic E-state index is 11.4. The number of hydrogen-bond donors (Lipinski definition) is 0. The van der Waals surface area contributed by atoms with Crippen LogP contribution in [-0.4, -0.2) is 19.5 Å². The Balaban J connectivity index is 2.92. The zero-order valence-electron chi connectivity index (χ0n) is 10.4. The lowest BCUT2D eigenvalue weighted by Crippen LogP contribution is -1.99. The molecule has 0 aromatic heterocycles. The molecule has 0 fully saturated rings. The number of benzene rings is 2. The first-order valence-corrected chi connectivity index (χ1v) is 5.82. The number of rotatable bonds is 3. The predicted molar refractivity (Wildman–Crippen MR) is 72.0 cm³/mol. The standard InChI is InChI=1S/C14H13ClO3/c1-8-10(14(15)16)7-11-9(13(8)18-3)5-4-6-12(11)17-2/h4-7H,1-3H3. The molecule has 0 bridgehead atoms. The number of carbonyl (C=O) groups is 1. The zero-order valence-corrected chi connectivity index (χ0v) is 11.2. The van der Waals surface area contributed by atoms with Crippen LogP contribution in [0.15, 0.2) is 24.3 Å². The second-order valence-corrected chi connectivity index (χ2v) is 4.25. The van der Waals surface area contributed by atoms with Crippen molar-refractivity contribution in [3.8, 4) is 11.5 Å². The summed E-state index contributed by atoms with van der Waals surface area (Å²) >= 11 is 5.60. The maximum Gasteiger partial charge on any atom is 0.252 e. The van der Waals surface area contributed by atoms with Crippen molar-refractivity contribution in [3.63, 3.8) is 0 Å². The minimum Gasteiger partial charge on any atom is -0.496 e. The molecule has 0 saturated carbocycles. The zero-order chi connectivity index (χ0) is 13.3. The Bertz CT molecular complexity index is 620. The molecule has 0 saturated heterocycles. The third kappa shape index (κ3) is 1.91. The minimum atomic E-state index is -0.501. The van der Waals surface area contributed by atoms with Crippen LogP contribution in [0.5, 0.6) is 11.5 Å². The number of hydrogen-bond acceptors (Lipinski definition) is 3. The molecule has 0 heterocycles. The second kappa shape index (κ2) is 4.86. The Morgan fingerprint density at radius 1 is 1.17 bits per heavy atom. The Kier molecular flexibility index (Phi) is 3.43. The highest BCUT2D eigenvalue weighted by atomic mass is 35.5. The Morgan fingerprint density at radius 2 is 1.89 bits per heavy atom. The van der Waals surface area contributed by atoms with E-state index in [0.717, 1.165) is 16.3 Å². The normalized spacial score (nSPS) is 10.4. The van der Waals surface area contributed by atoms with E-state index in [9.17, 15) is 4.79 Å². The van der Waals surface area contributed by atoms with Gasteiger partial charge in [0.05, 0.1) is 14.2 Å². The van der Waals surface area contributed by atoms with E-state index >= 15 is 0 Å². The monoisotopic (exact) mass is 264 g/mol. The molecule has 0 unspecified atom stereocenters. The molecule has 0 N–H and O–H groups in total. The van der Waals surface area contributed by atoms with Gasteiger partial charge in [-0.2, -0.15) is 0 Å². The van der Waals surface area contributed by atoms with Gasteiger partial charge >= 0.3 is 0 Å². The summed E-state index contributed by atoms with van der Waals surface area (Å²) in [6.45, 7) is 1.81. The van der Waals surface area contributed by atoms with Gasteiger partial charge in [0.2, 0.25) is 0 Å². The molecule has 0 aliphatic carbocycles. The summed E-state index contributed by atoms with van der Waals surface area (Å²) in [7, 11) is 3.16. The molecule has 0 amide bonds. The molecule has 0 radical (unpaired) electrons. The van der Waals surface area contributed by atoms with Crippen molar-refractivity contribution < 1.29 is 14.3 Å². The highest BCUT2D eigenvalue weighted by Gasteiger charge is 2.16. The van der Waals surface area contributed by atoms with Crippen LogP contribution in [0.25, 0.3) is 10.8 Å². The summed E-state index contributed by atoms with van der Waals surface area (Å²) in [5.74, 6) is 1.33. The van der Waals surface area contributed by atoms with Gasteiger partial charge < -0.3 is 9.47 Å². The van der Waals surface area contributed by atoms with E-state index in [0.29, 0.717) is 17.1 Å². The van der Waals surface area contributed by atoms with Crippen molar-refractivity contribution >= 4 is 27.6 Å². The van der Waals surface area contributed by atoms with E-state index in [2.05, 4.69) is 0 Å². The first-order valence-electron chi connectivity index (χ1n) is 5.44. The van der Waals surface area contributed by atoms with Crippen LogP contribution in [0.1, 0.15) is 15.9 Å². The molecule has 0 aliphatic heterocycles. The molecule has 18 heavy (non-hydrogen) atoms. The van der Waals surface area contributed by atoms with Gasteiger partial charge in [-0.3, -0.25) is 4.79 Å². The molecule has 2 aromatic carbocycles. The Hall–Kier alpha value is -1.74. The molecule has 2 rings (SSSR count). The number of carbonyl (C=O) groups excluding carboxylic acids is 1. The first kappa shape index (κ1) is 12.7. The summed E-state index contributed by atoms with van der Waals surface area (Å²) in [5, 5.41) is 1.21. The summed E-state index contributed by atoms with van der Waals surface area (Å²) in [6, 6.07) is 7.37. The van der Waals surface area contributed by atoms with Crippen LogP contribution < -0.4 is 9.47 Å². The van der Waals surface area contributed by atoms with E-state index in [1.54, 1.807) is 20.3 Å². The highest BCUT2D eigenvalue weighted by Crippen LogP contribution is 2.37. The fourth-order valence-electron chi connectivity index (χ4n) is 2.11. The van der Waals surface area contributed by atoms with Gasteiger partial charge in [-0.05, 0) is 30.7 Å². The van der Waals surface area contributed by atoms with E-state index < -0.39 is 5.24 Å². The number of ether oxygens (including phenoxy) is 2. The molecule has 0 aliphatic rings. The van der Waals surface area contributed by atoms with Gasteiger partial charge in [-0.15, -0.1) is 0 Å². The van der Waals surface area contributed by atoms with Gasteiger partial charge in [-0.1, -0.05) is 12.1 Å². The third-order valence-corrected chi connectivity index (χ3v) is 3.18. The second-order valence-electron chi connectivity index (χ2n) is 3.91. The smallest absolute Gasteiger partial charge is 0.252 e. The quantitative estimate of drug-likeness (QED) is 0.796. The van der Waals surface area contributed by atoms with Gasteiger partial charge in [0.1, 0.15) is 11.5 Å².